The topological polar surface area (TPSA) is 59.4 Å². The van der Waals surface area contributed by atoms with Crippen LogP contribution >= 0.6 is 12.2 Å². The van der Waals surface area contributed by atoms with E-state index in [4.69, 9.17) is 22.1 Å². The van der Waals surface area contributed by atoms with Gasteiger partial charge in [0.25, 0.3) is 5.91 Å². The molecule has 0 spiro atoms. The Morgan fingerprint density at radius 3 is 2.29 bits per heavy atom. The highest BCUT2D eigenvalue weighted by Crippen LogP contribution is 2.28. The summed E-state index contributed by atoms with van der Waals surface area (Å²) in [6.07, 6.45) is 3.72. The van der Waals surface area contributed by atoms with Crippen LogP contribution in [-0.2, 0) is 4.79 Å². The second kappa shape index (κ2) is 9.33. The van der Waals surface area contributed by atoms with E-state index >= 15 is 0 Å². The average Bonchev–Trinajstić information content (AvgIpc) is 3.41. The molecule has 2 heterocycles. The van der Waals surface area contributed by atoms with E-state index in [1.807, 2.05) is 103 Å². The van der Waals surface area contributed by atoms with Gasteiger partial charge in [-0.3, -0.25) is 9.69 Å². The van der Waals surface area contributed by atoms with Gasteiger partial charge in [0.2, 0.25) is 0 Å². The number of carbonyl (C=O) groups is 1. The summed E-state index contributed by atoms with van der Waals surface area (Å²) in [5, 5.41) is 8.21. The van der Waals surface area contributed by atoms with Gasteiger partial charge in [-0.05, 0) is 61.6 Å². The van der Waals surface area contributed by atoms with E-state index in [9.17, 15) is 4.79 Å². The van der Waals surface area contributed by atoms with Gasteiger partial charge in [-0.1, -0.05) is 48.5 Å². The summed E-state index contributed by atoms with van der Waals surface area (Å²) in [4.78, 5) is 14.8. The van der Waals surface area contributed by atoms with Crippen LogP contribution in [0.5, 0.6) is 5.75 Å². The summed E-state index contributed by atoms with van der Waals surface area (Å²) < 4.78 is 7.31. The highest BCUT2D eigenvalue weighted by molar-refractivity contribution is 7.80. The number of nitrogens with one attached hydrogen (secondary N) is 1. The van der Waals surface area contributed by atoms with Gasteiger partial charge in [-0.2, -0.15) is 5.10 Å². The number of hydrogen-bond acceptors (Lipinski definition) is 4. The Kier molecular flexibility index (Phi) is 5.93. The van der Waals surface area contributed by atoms with Crippen molar-refractivity contribution >= 4 is 35.0 Å². The van der Waals surface area contributed by atoms with Gasteiger partial charge in [-0.15, -0.1) is 0 Å². The third-order valence-electron chi connectivity index (χ3n) is 5.39. The smallest absolute Gasteiger partial charge is 0.281 e. The normalized spacial score (nSPS) is 14.5. The van der Waals surface area contributed by atoms with Gasteiger partial charge in [0.1, 0.15) is 17.1 Å². The van der Waals surface area contributed by atoms with Crippen LogP contribution in [0.2, 0.25) is 0 Å². The van der Waals surface area contributed by atoms with Crippen molar-refractivity contribution in [1.82, 2.24) is 15.1 Å². The second-order valence-corrected chi connectivity index (χ2v) is 8.02. The third-order valence-corrected chi connectivity index (χ3v) is 5.68. The predicted molar refractivity (Wildman–Crippen MR) is 138 cm³/mol. The average molecular weight is 467 g/mol. The van der Waals surface area contributed by atoms with Crippen molar-refractivity contribution in [3.63, 3.8) is 0 Å². The van der Waals surface area contributed by atoms with Crippen LogP contribution in [0.15, 0.2) is 96.8 Å². The number of carbonyl (C=O) groups excluding carboxylic acids is 1. The maximum atomic E-state index is 13.3. The number of aromatic nitrogens is 2. The molecule has 34 heavy (non-hydrogen) atoms. The van der Waals surface area contributed by atoms with Crippen molar-refractivity contribution in [2.45, 2.75) is 6.92 Å². The lowest BCUT2D eigenvalue weighted by atomic mass is 10.1. The summed E-state index contributed by atoms with van der Waals surface area (Å²) >= 11 is 5.49. The van der Waals surface area contributed by atoms with Crippen molar-refractivity contribution in [2.24, 2.45) is 0 Å². The molecule has 5 rings (SSSR count). The molecule has 0 atom stereocenters. The minimum Gasteiger partial charge on any atom is -0.494 e. The Morgan fingerprint density at radius 1 is 0.941 bits per heavy atom. The molecule has 0 bridgehead atoms. The molecule has 0 radical (unpaired) electrons. The highest BCUT2D eigenvalue weighted by atomic mass is 32.1. The van der Waals surface area contributed by atoms with Crippen molar-refractivity contribution < 1.29 is 9.53 Å². The lowest BCUT2D eigenvalue weighted by molar-refractivity contribution is -0.113. The third kappa shape index (κ3) is 4.21. The number of benzene rings is 3. The van der Waals surface area contributed by atoms with Crippen molar-refractivity contribution in [2.75, 3.05) is 11.5 Å². The monoisotopic (exact) mass is 466 g/mol. The molecule has 1 N–H and O–H groups in total. The molecule has 3 aromatic carbocycles. The van der Waals surface area contributed by atoms with E-state index in [2.05, 4.69) is 5.32 Å². The van der Waals surface area contributed by atoms with Gasteiger partial charge in [0, 0.05) is 17.3 Å². The van der Waals surface area contributed by atoms with E-state index in [0.717, 1.165) is 28.3 Å². The van der Waals surface area contributed by atoms with Gasteiger partial charge in [0.15, 0.2) is 5.11 Å². The number of thiocarbonyl (C=S) groups is 1. The number of anilines is 1. The van der Waals surface area contributed by atoms with E-state index in [1.54, 1.807) is 6.08 Å². The van der Waals surface area contributed by atoms with Crippen LogP contribution in [0.3, 0.4) is 0 Å². The standard InChI is InChI=1S/C27H22N4O2S/c1-2-33-23-15-13-22(14-16-23)31-26(32)24(28-27(31)34)17-20-18-30(21-11-7-4-8-12-21)29-25(20)19-9-5-3-6-10-19/h3-18H,2H2,1H3,(H,28,34)/b24-17+. The van der Waals surface area contributed by atoms with Crippen LogP contribution in [0.1, 0.15) is 12.5 Å². The van der Waals surface area contributed by atoms with E-state index in [-0.39, 0.29) is 5.91 Å². The SMILES string of the molecule is CCOc1ccc(N2C(=O)/C(=C\c3cn(-c4ccccc4)nc3-c3ccccc3)NC2=S)cc1. The maximum absolute atomic E-state index is 13.3. The number of nitrogens with zero attached hydrogens (tertiary/aromatic N) is 3. The second-order valence-electron chi connectivity index (χ2n) is 7.63. The molecule has 0 aliphatic carbocycles. The van der Waals surface area contributed by atoms with Crippen LogP contribution in [0.25, 0.3) is 23.0 Å². The Labute approximate surface area is 203 Å². The molecule has 168 valence electrons. The first-order valence-corrected chi connectivity index (χ1v) is 11.4. The Bertz CT molecular complexity index is 1360. The minimum absolute atomic E-state index is 0.222. The molecule has 1 fully saturated rings. The molecule has 6 nitrogen and oxygen atoms in total. The molecule has 1 amide bonds. The fourth-order valence-corrected chi connectivity index (χ4v) is 4.11. The fourth-order valence-electron chi connectivity index (χ4n) is 3.81. The van der Waals surface area contributed by atoms with Crippen LogP contribution in [-0.4, -0.2) is 27.4 Å². The summed E-state index contributed by atoms with van der Waals surface area (Å²) in [5.41, 5.74) is 4.54. The molecule has 0 unspecified atom stereocenters. The fraction of sp³-hybridized carbons (Fsp3) is 0.0741. The van der Waals surface area contributed by atoms with Gasteiger partial charge < -0.3 is 10.1 Å². The Balaban J connectivity index is 1.52. The molecule has 0 saturated carbocycles. The Hall–Kier alpha value is -4.23. The zero-order valence-electron chi connectivity index (χ0n) is 18.5. The molecule has 1 aliphatic heterocycles. The van der Waals surface area contributed by atoms with Crippen LogP contribution in [0.4, 0.5) is 5.69 Å². The molecule has 1 saturated heterocycles. The van der Waals surface area contributed by atoms with Gasteiger partial charge in [0.05, 0.1) is 18.0 Å². The number of amides is 1. The zero-order chi connectivity index (χ0) is 23.5. The molecule has 1 aromatic heterocycles. The minimum atomic E-state index is -0.222. The van der Waals surface area contributed by atoms with E-state index in [0.29, 0.717) is 23.1 Å². The molecule has 1 aliphatic rings. The number of ether oxygens (including phenoxy) is 1. The first-order chi connectivity index (χ1) is 16.6. The predicted octanol–water partition coefficient (Wildman–Crippen LogP) is 5.20. The van der Waals surface area contributed by atoms with Gasteiger partial charge >= 0.3 is 0 Å². The molecule has 4 aromatic rings. The largest absolute Gasteiger partial charge is 0.494 e. The van der Waals surface area contributed by atoms with Crippen LogP contribution in [0, 0.1) is 0 Å². The zero-order valence-corrected chi connectivity index (χ0v) is 19.3. The maximum Gasteiger partial charge on any atom is 0.281 e. The molecule has 7 heteroatoms. The lowest BCUT2D eigenvalue weighted by Gasteiger charge is -2.14. The van der Waals surface area contributed by atoms with E-state index in [1.165, 1.54) is 4.90 Å². The summed E-state index contributed by atoms with van der Waals surface area (Å²) in [5.74, 6) is 0.522. The molecular weight excluding hydrogens is 444 g/mol. The summed E-state index contributed by atoms with van der Waals surface area (Å²) in [6.45, 7) is 2.51. The van der Waals surface area contributed by atoms with Crippen molar-refractivity contribution in [3.8, 4) is 22.7 Å². The highest BCUT2D eigenvalue weighted by Gasteiger charge is 2.32. The lowest BCUT2D eigenvalue weighted by Crippen LogP contribution is -2.30. The van der Waals surface area contributed by atoms with E-state index < -0.39 is 0 Å². The van der Waals surface area contributed by atoms with Crippen LogP contribution < -0.4 is 15.0 Å². The Morgan fingerprint density at radius 2 is 1.62 bits per heavy atom. The molecular formula is C27H22N4O2S. The number of hydrogen-bond donors (Lipinski definition) is 1. The van der Waals surface area contributed by atoms with Gasteiger partial charge in [-0.25, -0.2) is 4.68 Å². The van der Waals surface area contributed by atoms with Crippen molar-refractivity contribution in [1.29, 1.82) is 0 Å². The number of rotatable bonds is 6. The first-order valence-electron chi connectivity index (χ1n) is 10.9. The summed E-state index contributed by atoms with van der Waals surface area (Å²) in [7, 11) is 0. The quantitative estimate of drug-likeness (QED) is 0.313. The number of para-hydroxylation sites is 1. The summed E-state index contributed by atoms with van der Waals surface area (Å²) in [6, 6.07) is 27.1. The first kappa shape index (κ1) is 21.6. The van der Waals surface area contributed by atoms with Crippen molar-refractivity contribution in [3.05, 3.63) is 102 Å².